The summed E-state index contributed by atoms with van der Waals surface area (Å²) in [4.78, 5) is 8.07. The summed E-state index contributed by atoms with van der Waals surface area (Å²) in [6, 6.07) is 0. The van der Waals surface area contributed by atoms with Gasteiger partial charge >= 0.3 is 0 Å². The highest BCUT2D eigenvalue weighted by Gasteiger charge is 2.16. The van der Waals surface area contributed by atoms with Crippen molar-refractivity contribution in [1.82, 2.24) is 9.97 Å². The lowest BCUT2D eigenvalue weighted by Gasteiger charge is -2.14. The molecule has 1 aromatic heterocycles. The summed E-state index contributed by atoms with van der Waals surface area (Å²) >= 11 is 1.33. The van der Waals surface area contributed by atoms with Gasteiger partial charge in [-0.1, -0.05) is 23.8 Å². The van der Waals surface area contributed by atoms with Gasteiger partial charge in [-0.3, -0.25) is 0 Å². The molecule has 1 heterocycles. The minimum absolute atomic E-state index is 0.0538. The lowest BCUT2D eigenvalue weighted by Crippen LogP contribution is -2.20. The highest BCUT2D eigenvalue weighted by atomic mass is 32.2. The van der Waals surface area contributed by atoms with Crippen molar-refractivity contribution in [1.29, 1.82) is 0 Å². The number of aromatic nitrogens is 2. The van der Waals surface area contributed by atoms with Gasteiger partial charge in [-0.15, -0.1) is 0 Å². The van der Waals surface area contributed by atoms with Crippen LogP contribution in [0.4, 0.5) is 0 Å². The van der Waals surface area contributed by atoms with Crippen LogP contribution in [-0.4, -0.2) is 37.5 Å². The third kappa shape index (κ3) is 3.07. The number of oxime groups is 1. The highest BCUT2D eigenvalue weighted by molar-refractivity contribution is 8.00. The van der Waals surface area contributed by atoms with Crippen molar-refractivity contribution in [3.8, 4) is 0 Å². The molecule has 0 aliphatic carbocycles. The fourth-order valence-electron chi connectivity index (χ4n) is 0.909. The smallest absolute Gasteiger partial charge is 0.191 e. The van der Waals surface area contributed by atoms with Crippen LogP contribution >= 0.6 is 11.8 Å². The summed E-state index contributed by atoms with van der Waals surface area (Å²) in [5.41, 5.74) is 5.79. The number of aliphatic hydroxyl groups is 1. The Labute approximate surface area is 97.6 Å². The molecule has 6 nitrogen and oxygen atoms in total. The first-order valence-electron chi connectivity index (χ1n) is 4.70. The standard InChI is InChI=1S/C9H14N4O2S/c1-5(14)6(2)16-9-7(8(10)13-15)11-3-4-12-9/h3-6,14-15H,1-2H3,(H2,10,13). The van der Waals surface area contributed by atoms with Gasteiger partial charge in [0.2, 0.25) is 0 Å². The summed E-state index contributed by atoms with van der Waals surface area (Å²) in [5, 5.41) is 21.3. The third-order valence-corrected chi connectivity index (χ3v) is 3.28. The van der Waals surface area contributed by atoms with Gasteiger partial charge in [0.1, 0.15) is 10.7 Å². The van der Waals surface area contributed by atoms with E-state index < -0.39 is 6.10 Å². The van der Waals surface area contributed by atoms with Gasteiger partial charge < -0.3 is 16.0 Å². The first-order chi connectivity index (χ1) is 7.56. The first-order valence-corrected chi connectivity index (χ1v) is 5.57. The molecular weight excluding hydrogens is 228 g/mol. The van der Waals surface area contributed by atoms with E-state index in [2.05, 4.69) is 15.1 Å². The van der Waals surface area contributed by atoms with Gasteiger partial charge in [0, 0.05) is 17.6 Å². The number of thioether (sulfide) groups is 1. The fourth-order valence-corrected chi connectivity index (χ4v) is 1.85. The zero-order chi connectivity index (χ0) is 12.1. The molecule has 7 heteroatoms. The zero-order valence-electron chi connectivity index (χ0n) is 9.03. The molecule has 16 heavy (non-hydrogen) atoms. The molecule has 0 aliphatic heterocycles. The Balaban J connectivity index is 2.96. The quantitative estimate of drug-likeness (QED) is 0.232. The molecule has 0 saturated heterocycles. The van der Waals surface area contributed by atoms with E-state index in [4.69, 9.17) is 10.9 Å². The Morgan fingerprint density at radius 1 is 1.44 bits per heavy atom. The van der Waals surface area contributed by atoms with E-state index in [0.717, 1.165) is 0 Å². The van der Waals surface area contributed by atoms with Crippen LogP contribution in [0.5, 0.6) is 0 Å². The van der Waals surface area contributed by atoms with E-state index in [1.165, 1.54) is 24.2 Å². The minimum Gasteiger partial charge on any atom is -0.409 e. The summed E-state index contributed by atoms with van der Waals surface area (Å²) in [6.07, 6.45) is 2.50. The van der Waals surface area contributed by atoms with Crippen molar-refractivity contribution in [2.75, 3.05) is 0 Å². The Morgan fingerprint density at radius 3 is 2.62 bits per heavy atom. The maximum Gasteiger partial charge on any atom is 0.191 e. The van der Waals surface area contributed by atoms with Gasteiger partial charge in [0.25, 0.3) is 0 Å². The second kappa shape index (κ2) is 5.66. The van der Waals surface area contributed by atoms with E-state index >= 15 is 0 Å². The van der Waals surface area contributed by atoms with Crippen LogP contribution in [0.3, 0.4) is 0 Å². The van der Waals surface area contributed by atoms with Gasteiger partial charge in [0.05, 0.1) is 6.10 Å². The number of amidine groups is 1. The number of rotatable bonds is 4. The van der Waals surface area contributed by atoms with Crippen LogP contribution in [0, 0.1) is 0 Å². The second-order valence-electron chi connectivity index (χ2n) is 3.26. The SMILES string of the molecule is CC(O)C(C)Sc1nccnc1C(N)=NO. The monoisotopic (exact) mass is 242 g/mol. The summed E-state index contributed by atoms with van der Waals surface area (Å²) in [6.45, 7) is 3.55. The van der Waals surface area contributed by atoms with Crippen LogP contribution in [-0.2, 0) is 0 Å². The van der Waals surface area contributed by atoms with Crippen molar-refractivity contribution in [3.05, 3.63) is 18.1 Å². The Kier molecular flexibility index (Phi) is 4.51. The summed E-state index contributed by atoms with van der Waals surface area (Å²) in [5.74, 6) is -0.0895. The minimum atomic E-state index is -0.479. The highest BCUT2D eigenvalue weighted by Crippen LogP contribution is 2.25. The lowest BCUT2D eigenvalue weighted by atomic mass is 10.3. The topological polar surface area (TPSA) is 105 Å². The van der Waals surface area contributed by atoms with Crippen LogP contribution < -0.4 is 5.73 Å². The van der Waals surface area contributed by atoms with Crippen LogP contribution in [0.1, 0.15) is 19.5 Å². The Bertz CT molecular complexity index is 384. The third-order valence-electron chi connectivity index (χ3n) is 1.99. The predicted molar refractivity (Wildman–Crippen MR) is 61.5 cm³/mol. The average molecular weight is 242 g/mol. The van der Waals surface area contributed by atoms with Crippen molar-refractivity contribution >= 4 is 17.6 Å². The first kappa shape index (κ1) is 12.7. The normalized spacial score (nSPS) is 15.8. The van der Waals surface area contributed by atoms with Gasteiger partial charge in [-0.25, -0.2) is 9.97 Å². The molecule has 4 N–H and O–H groups in total. The Hall–Kier alpha value is -1.34. The fraction of sp³-hybridized carbons (Fsp3) is 0.444. The van der Waals surface area contributed by atoms with Crippen LogP contribution in [0.15, 0.2) is 22.6 Å². The molecule has 0 saturated carbocycles. The molecule has 0 radical (unpaired) electrons. The maximum absolute atomic E-state index is 9.39. The van der Waals surface area contributed by atoms with E-state index in [1.54, 1.807) is 6.92 Å². The van der Waals surface area contributed by atoms with Gasteiger partial charge in [-0.2, -0.15) is 0 Å². The van der Waals surface area contributed by atoms with Crippen LogP contribution in [0.2, 0.25) is 0 Å². The second-order valence-corrected chi connectivity index (χ2v) is 4.62. The molecule has 0 spiro atoms. The molecule has 0 fully saturated rings. The van der Waals surface area contributed by atoms with Crippen molar-refractivity contribution in [2.24, 2.45) is 10.9 Å². The predicted octanol–water partition coefficient (Wildman–Crippen LogP) is 0.432. The van der Waals surface area contributed by atoms with Crippen molar-refractivity contribution in [3.63, 3.8) is 0 Å². The number of aliphatic hydroxyl groups excluding tert-OH is 1. The van der Waals surface area contributed by atoms with Gasteiger partial charge in [0.15, 0.2) is 5.84 Å². The van der Waals surface area contributed by atoms with E-state index in [9.17, 15) is 5.11 Å². The molecule has 2 atom stereocenters. The van der Waals surface area contributed by atoms with E-state index in [0.29, 0.717) is 10.7 Å². The van der Waals surface area contributed by atoms with Gasteiger partial charge in [-0.05, 0) is 6.92 Å². The maximum atomic E-state index is 9.39. The zero-order valence-corrected chi connectivity index (χ0v) is 9.85. The molecule has 1 aromatic rings. The van der Waals surface area contributed by atoms with E-state index in [1.807, 2.05) is 6.92 Å². The summed E-state index contributed by atoms with van der Waals surface area (Å²) < 4.78 is 0. The molecule has 0 aromatic carbocycles. The summed E-state index contributed by atoms with van der Waals surface area (Å²) in [7, 11) is 0. The van der Waals surface area contributed by atoms with Crippen molar-refractivity contribution < 1.29 is 10.3 Å². The van der Waals surface area contributed by atoms with E-state index in [-0.39, 0.29) is 11.1 Å². The molecule has 88 valence electrons. The lowest BCUT2D eigenvalue weighted by molar-refractivity contribution is 0.196. The molecular formula is C9H14N4O2S. The number of nitrogens with two attached hydrogens (primary N) is 1. The van der Waals surface area contributed by atoms with Crippen LogP contribution in [0.25, 0.3) is 0 Å². The Morgan fingerprint density at radius 2 is 2.06 bits per heavy atom. The molecule has 0 aliphatic rings. The average Bonchev–Trinajstić information content (AvgIpc) is 2.28. The molecule has 0 bridgehead atoms. The largest absolute Gasteiger partial charge is 0.409 e. The van der Waals surface area contributed by atoms with Crippen molar-refractivity contribution in [2.45, 2.75) is 30.2 Å². The number of nitrogens with zero attached hydrogens (tertiary/aromatic N) is 3. The number of hydrogen-bond acceptors (Lipinski definition) is 6. The molecule has 2 unspecified atom stereocenters. The number of hydrogen-bond donors (Lipinski definition) is 3. The molecule has 1 rings (SSSR count). The molecule has 0 amide bonds.